The maximum atomic E-state index is 12.7. The Morgan fingerprint density at radius 2 is 1.92 bits per heavy atom. The number of likely N-dealkylation sites (tertiary alicyclic amines) is 1. The van der Waals surface area contributed by atoms with E-state index in [1.807, 2.05) is 18.2 Å². The molecule has 0 radical (unpaired) electrons. The number of carbonyl (C=O) groups is 2. The monoisotopic (exact) mass is 335 g/mol. The van der Waals surface area contributed by atoms with E-state index in [9.17, 15) is 9.59 Å². The second kappa shape index (κ2) is 6.67. The number of aryl methyl sites for hydroxylation is 1. The summed E-state index contributed by atoms with van der Waals surface area (Å²) in [5, 5.41) is 3.14. The number of fused-ring (bicyclic) bond motifs is 1. The molecule has 1 N–H and O–H groups in total. The number of pyridine rings is 1. The summed E-state index contributed by atoms with van der Waals surface area (Å²) in [6, 6.07) is 13.5. The highest BCUT2D eigenvalue weighted by Gasteiger charge is 2.33. The van der Waals surface area contributed by atoms with Crippen LogP contribution in [0.5, 0.6) is 0 Å². The van der Waals surface area contributed by atoms with Crippen LogP contribution in [-0.2, 0) is 11.2 Å². The molecular weight excluding hydrogens is 314 g/mol. The van der Waals surface area contributed by atoms with E-state index in [4.69, 9.17) is 0 Å². The maximum absolute atomic E-state index is 12.7. The number of nitrogens with zero attached hydrogens (tertiary/aromatic N) is 2. The molecule has 2 aromatic rings. The van der Waals surface area contributed by atoms with Crippen LogP contribution < -0.4 is 5.32 Å². The number of amides is 2. The molecular formula is C20H21N3O2. The Hall–Kier alpha value is -2.69. The van der Waals surface area contributed by atoms with Gasteiger partial charge in [-0.2, -0.15) is 0 Å². The molecule has 128 valence electrons. The van der Waals surface area contributed by atoms with Crippen LogP contribution in [0, 0.1) is 0 Å². The lowest BCUT2D eigenvalue weighted by Crippen LogP contribution is -2.40. The number of hydrogen-bond acceptors (Lipinski definition) is 3. The first-order valence-corrected chi connectivity index (χ1v) is 8.81. The fourth-order valence-electron chi connectivity index (χ4n) is 3.85. The van der Waals surface area contributed by atoms with E-state index in [0.29, 0.717) is 18.8 Å². The van der Waals surface area contributed by atoms with Gasteiger partial charge in [-0.15, -0.1) is 0 Å². The van der Waals surface area contributed by atoms with Crippen molar-refractivity contribution in [3.8, 4) is 0 Å². The lowest BCUT2D eigenvalue weighted by Gasteiger charge is -2.18. The molecule has 0 spiro atoms. The van der Waals surface area contributed by atoms with E-state index in [2.05, 4.69) is 22.4 Å². The van der Waals surface area contributed by atoms with Crippen molar-refractivity contribution in [2.24, 2.45) is 0 Å². The Morgan fingerprint density at radius 3 is 2.76 bits per heavy atom. The maximum Gasteiger partial charge on any atom is 0.272 e. The first kappa shape index (κ1) is 15.8. The van der Waals surface area contributed by atoms with Crippen LogP contribution in [-0.4, -0.2) is 40.8 Å². The Balaban J connectivity index is 1.37. The van der Waals surface area contributed by atoms with Crippen molar-refractivity contribution in [3.63, 3.8) is 0 Å². The zero-order valence-electron chi connectivity index (χ0n) is 14.0. The molecule has 1 saturated heterocycles. The minimum absolute atomic E-state index is 0.0212. The average molecular weight is 335 g/mol. The van der Waals surface area contributed by atoms with E-state index >= 15 is 0 Å². The standard InChI is InChI=1S/C20H21N3O2/c24-19(17-9-8-14-5-1-2-6-16(14)17)22-15-10-12-23(13-15)20(25)18-7-3-4-11-21-18/h1-7,11,15,17H,8-10,12-13H2,(H,22,24). The van der Waals surface area contributed by atoms with Crippen molar-refractivity contribution in [2.75, 3.05) is 13.1 Å². The first-order chi connectivity index (χ1) is 12.2. The molecule has 2 amide bonds. The lowest BCUT2D eigenvalue weighted by atomic mass is 10.00. The molecule has 2 unspecified atom stereocenters. The molecule has 1 aromatic heterocycles. The highest BCUT2D eigenvalue weighted by atomic mass is 16.2. The van der Waals surface area contributed by atoms with E-state index in [0.717, 1.165) is 24.8 Å². The van der Waals surface area contributed by atoms with Gasteiger partial charge in [-0.05, 0) is 42.5 Å². The topological polar surface area (TPSA) is 62.3 Å². The summed E-state index contributed by atoms with van der Waals surface area (Å²) in [7, 11) is 0. The van der Waals surface area contributed by atoms with Crippen LogP contribution in [0.4, 0.5) is 0 Å². The molecule has 1 aliphatic heterocycles. The van der Waals surface area contributed by atoms with E-state index in [-0.39, 0.29) is 23.8 Å². The van der Waals surface area contributed by atoms with Gasteiger partial charge in [0.15, 0.2) is 0 Å². The van der Waals surface area contributed by atoms with Crippen LogP contribution >= 0.6 is 0 Å². The van der Waals surface area contributed by atoms with Gasteiger partial charge in [-0.1, -0.05) is 30.3 Å². The van der Waals surface area contributed by atoms with Gasteiger partial charge in [0.05, 0.1) is 5.92 Å². The molecule has 2 atom stereocenters. The summed E-state index contributed by atoms with van der Waals surface area (Å²) in [6.07, 6.45) is 4.25. The molecule has 1 fully saturated rings. The highest BCUT2D eigenvalue weighted by Crippen LogP contribution is 2.33. The number of rotatable bonds is 3. The number of hydrogen-bond donors (Lipinski definition) is 1. The quantitative estimate of drug-likeness (QED) is 0.935. The van der Waals surface area contributed by atoms with Gasteiger partial charge in [0.2, 0.25) is 5.91 Å². The Morgan fingerprint density at radius 1 is 1.08 bits per heavy atom. The smallest absolute Gasteiger partial charge is 0.272 e. The van der Waals surface area contributed by atoms with Crippen LogP contribution in [0.25, 0.3) is 0 Å². The van der Waals surface area contributed by atoms with Gasteiger partial charge in [0, 0.05) is 25.3 Å². The van der Waals surface area contributed by atoms with Gasteiger partial charge in [0.25, 0.3) is 5.91 Å². The van der Waals surface area contributed by atoms with Gasteiger partial charge >= 0.3 is 0 Å². The summed E-state index contributed by atoms with van der Waals surface area (Å²) in [5.74, 6) is -0.0395. The van der Waals surface area contributed by atoms with Crippen molar-refractivity contribution in [1.82, 2.24) is 15.2 Å². The van der Waals surface area contributed by atoms with Gasteiger partial charge < -0.3 is 10.2 Å². The predicted molar refractivity (Wildman–Crippen MR) is 94.2 cm³/mol. The summed E-state index contributed by atoms with van der Waals surface area (Å²) in [6.45, 7) is 1.21. The highest BCUT2D eigenvalue weighted by molar-refractivity contribution is 5.92. The van der Waals surface area contributed by atoms with Crippen LogP contribution in [0.3, 0.4) is 0 Å². The number of benzene rings is 1. The molecule has 0 bridgehead atoms. The molecule has 5 heteroatoms. The predicted octanol–water partition coefficient (Wildman–Crippen LogP) is 2.14. The third-order valence-corrected chi connectivity index (χ3v) is 5.16. The second-order valence-corrected chi connectivity index (χ2v) is 6.75. The van der Waals surface area contributed by atoms with Crippen molar-refractivity contribution in [2.45, 2.75) is 31.2 Å². The molecule has 25 heavy (non-hydrogen) atoms. The Kier molecular flexibility index (Phi) is 4.22. The Labute approximate surface area is 147 Å². The van der Waals surface area contributed by atoms with Gasteiger partial charge in [0.1, 0.15) is 5.69 Å². The van der Waals surface area contributed by atoms with Crippen molar-refractivity contribution >= 4 is 11.8 Å². The van der Waals surface area contributed by atoms with Crippen molar-refractivity contribution in [3.05, 3.63) is 65.5 Å². The molecule has 2 heterocycles. The van der Waals surface area contributed by atoms with Crippen LogP contribution in [0.1, 0.15) is 40.4 Å². The molecule has 0 saturated carbocycles. The average Bonchev–Trinajstić information content (AvgIpc) is 3.28. The second-order valence-electron chi connectivity index (χ2n) is 6.75. The van der Waals surface area contributed by atoms with Gasteiger partial charge in [-0.3, -0.25) is 14.6 Å². The summed E-state index contributed by atoms with van der Waals surface area (Å²) >= 11 is 0. The van der Waals surface area contributed by atoms with Crippen molar-refractivity contribution < 1.29 is 9.59 Å². The minimum atomic E-state index is -0.0661. The molecule has 1 aliphatic carbocycles. The van der Waals surface area contributed by atoms with E-state index < -0.39 is 0 Å². The number of nitrogens with one attached hydrogen (secondary N) is 1. The fourth-order valence-corrected chi connectivity index (χ4v) is 3.85. The van der Waals surface area contributed by atoms with E-state index in [1.54, 1.807) is 23.2 Å². The molecule has 1 aromatic carbocycles. The first-order valence-electron chi connectivity index (χ1n) is 8.81. The normalized spacial score (nSPS) is 21.8. The SMILES string of the molecule is O=C(NC1CCN(C(=O)c2ccccn2)C1)C1CCc2ccccc21. The summed E-state index contributed by atoms with van der Waals surface area (Å²) in [4.78, 5) is 31.0. The zero-order valence-corrected chi connectivity index (χ0v) is 14.0. The zero-order chi connectivity index (χ0) is 17.2. The molecule has 5 nitrogen and oxygen atoms in total. The van der Waals surface area contributed by atoms with Gasteiger partial charge in [-0.25, -0.2) is 0 Å². The third kappa shape index (κ3) is 3.14. The fraction of sp³-hybridized carbons (Fsp3) is 0.350. The third-order valence-electron chi connectivity index (χ3n) is 5.16. The van der Waals surface area contributed by atoms with Crippen molar-refractivity contribution in [1.29, 1.82) is 0 Å². The van der Waals surface area contributed by atoms with E-state index in [1.165, 1.54) is 5.56 Å². The Bertz CT molecular complexity index is 791. The summed E-state index contributed by atoms with van der Waals surface area (Å²) in [5.41, 5.74) is 2.89. The molecule has 4 rings (SSSR count). The number of carbonyl (C=O) groups excluding carboxylic acids is 2. The minimum Gasteiger partial charge on any atom is -0.351 e. The molecule has 2 aliphatic rings. The van der Waals surface area contributed by atoms with Crippen LogP contribution in [0.2, 0.25) is 0 Å². The summed E-state index contributed by atoms with van der Waals surface area (Å²) < 4.78 is 0. The van der Waals surface area contributed by atoms with Crippen LogP contribution in [0.15, 0.2) is 48.7 Å². The lowest BCUT2D eigenvalue weighted by molar-refractivity contribution is -0.123. The largest absolute Gasteiger partial charge is 0.351 e. The number of aromatic nitrogens is 1.